The van der Waals surface area contributed by atoms with E-state index >= 15 is 0 Å². The van der Waals surface area contributed by atoms with Gasteiger partial charge < -0.3 is 10.0 Å². The molecular weight excluding hydrogens is 441 g/mol. The van der Waals surface area contributed by atoms with Gasteiger partial charge in [-0.1, -0.05) is 74.3 Å². The van der Waals surface area contributed by atoms with E-state index in [4.69, 9.17) is 23.2 Å². The second kappa shape index (κ2) is 9.99. The Kier molecular flexibility index (Phi) is 7.75. The summed E-state index contributed by atoms with van der Waals surface area (Å²) in [5.41, 5.74) is 1.46. The molecule has 2 aromatic rings. The molecule has 0 aromatic heterocycles. The molecule has 0 spiro atoms. The number of likely N-dealkylation sites (tertiary alicyclic amines) is 1. The Labute approximate surface area is 202 Å². The average Bonchev–Trinajstić information content (AvgIpc) is 2.72. The van der Waals surface area contributed by atoms with E-state index in [1.807, 2.05) is 60.4 Å². The van der Waals surface area contributed by atoms with Crippen molar-refractivity contribution in [1.82, 2.24) is 4.90 Å². The first-order valence-corrected chi connectivity index (χ1v) is 12.0. The third-order valence-electron chi connectivity index (χ3n) is 6.68. The number of hydrogen-bond donors (Lipinski definition) is 1. The van der Waals surface area contributed by atoms with Crippen molar-refractivity contribution in [2.75, 3.05) is 0 Å². The van der Waals surface area contributed by atoms with Crippen molar-refractivity contribution in [2.24, 2.45) is 11.3 Å². The van der Waals surface area contributed by atoms with Crippen molar-refractivity contribution in [3.05, 3.63) is 82.4 Å². The first-order valence-electron chi connectivity index (χ1n) is 11.2. The molecular formula is C27H33Cl2NO2. The van der Waals surface area contributed by atoms with Crippen LogP contribution in [0, 0.1) is 11.3 Å². The quantitative estimate of drug-likeness (QED) is 0.438. The van der Waals surface area contributed by atoms with Crippen molar-refractivity contribution in [3.63, 3.8) is 0 Å². The molecule has 1 fully saturated rings. The lowest BCUT2D eigenvalue weighted by molar-refractivity contribution is -0.160. The molecule has 1 aliphatic heterocycles. The van der Waals surface area contributed by atoms with Gasteiger partial charge in [-0.05, 0) is 61.1 Å². The van der Waals surface area contributed by atoms with E-state index in [1.165, 1.54) is 0 Å². The molecule has 5 heteroatoms. The number of amides is 1. The van der Waals surface area contributed by atoms with Gasteiger partial charge in [0.1, 0.15) is 0 Å². The van der Waals surface area contributed by atoms with Gasteiger partial charge in [0.05, 0.1) is 23.6 Å². The molecule has 1 N–H and O–H groups in total. The van der Waals surface area contributed by atoms with Crippen molar-refractivity contribution >= 4 is 29.1 Å². The molecule has 172 valence electrons. The third kappa shape index (κ3) is 4.90. The van der Waals surface area contributed by atoms with Gasteiger partial charge in [-0.15, -0.1) is 6.58 Å². The van der Waals surface area contributed by atoms with Crippen LogP contribution in [0.4, 0.5) is 0 Å². The normalized spacial score (nSPS) is 25.6. The third-order valence-corrected chi connectivity index (χ3v) is 7.17. The van der Waals surface area contributed by atoms with E-state index in [1.54, 1.807) is 6.92 Å². The molecule has 1 amide bonds. The van der Waals surface area contributed by atoms with Gasteiger partial charge in [-0.2, -0.15) is 0 Å². The molecule has 1 aliphatic rings. The molecule has 3 rings (SSSR count). The zero-order chi connectivity index (χ0) is 23.6. The SMILES string of the molecule is C=CC[C@@]1(C)C[C@H](c2cccc(Cl)c2)[C@@H](c2ccc(Cl)cc2)N(C(C(C)C)C(C)O)C1=O. The smallest absolute Gasteiger partial charge is 0.229 e. The van der Waals surface area contributed by atoms with Crippen molar-refractivity contribution in [1.29, 1.82) is 0 Å². The number of carbonyl (C=O) groups excluding carboxylic acids is 1. The van der Waals surface area contributed by atoms with Crippen LogP contribution in [-0.2, 0) is 4.79 Å². The Balaban J connectivity index is 2.27. The van der Waals surface area contributed by atoms with Gasteiger partial charge in [0, 0.05) is 16.0 Å². The molecule has 3 nitrogen and oxygen atoms in total. The van der Waals surface area contributed by atoms with Gasteiger partial charge in [0.2, 0.25) is 5.91 Å². The summed E-state index contributed by atoms with van der Waals surface area (Å²) in [6, 6.07) is 15.0. The van der Waals surface area contributed by atoms with Crippen LogP contribution in [0.3, 0.4) is 0 Å². The number of nitrogens with zero attached hydrogens (tertiary/aromatic N) is 1. The van der Waals surface area contributed by atoms with Crippen LogP contribution in [0.15, 0.2) is 61.2 Å². The lowest BCUT2D eigenvalue weighted by Gasteiger charge is -2.53. The highest BCUT2D eigenvalue weighted by molar-refractivity contribution is 6.30. The zero-order valence-corrected chi connectivity index (χ0v) is 20.8. The number of allylic oxidation sites excluding steroid dienone is 1. The highest BCUT2D eigenvalue weighted by Gasteiger charge is 2.52. The standard InChI is InChI=1S/C27H33Cl2NO2/c1-6-14-27(5)16-23(20-8-7-9-22(29)15-20)25(19-10-12-21(28)13-11-19)30(26(27)32)24(17(2)3)18(4)31/h6-13,15,17-18,23-25,31H,1,14,16H2,2-5H3/t18?,23-,24?,25-,27+/m1/s1. The molecule has 32 heavy (non-hydrogen) atoms. The topological polar surface area (TPSA) is 40.5 Å². The summed E-state index contributed by atoms with van der Waals surface area (Å²) in [4.78, 5) is 16.0. The first kappa shape index (κ1) is 24.8. The van der Waals surface area contributed by atoms with Crippen LogP contribution in [0.25, 0.3) is 0 Å². The zero-order valence-electron chi connectivity index (χ0n) is 19.3. The Morgan fingerprint density at radius 1 is 1.12 bits per heavy atom. The Morgan fingerprint density at radius 2 is 1.78 bits per heavy atom. The number of aliphatic hydroxyl groups excluding tert-OH is 1. The van der Waals surface area contributed by atoms with Crippen LogP contribution >= 0.6 is 23.2 Å². The number of halogens is 2. The van der Waals surface area contributed by atoms with E-state index in [9.17, 15) is 9.90 Å². The number of hydrogen-bond acceptors (Lipinski definition) is 2. The van der Waals surface area contributed by atoms with Crippen LogP contribution in [0.1, 0.15) is 63.6 Å². The van der Waals surface area contributed by atoms with E-state index in [2.05, 4.69) is 26.5 Å². The fourth-order valence-corrected chi connectivity index (χ4v) is 5.65. The number of benzene rings is 2. The predicted molar refractivity (Wildman–Crippen MR) is 133 cm³/mol. The highest BCUT2D eigenvalue weighted by Crippen LogP contribution is 2.52. The Morgan fingerprint density at radius 3 is 2.31 bits per heavy atom. The van der Waals surface area contributed by atoms with Gasteiger partial charge in [-0.3, -0.25) is 4.79 Å². The summed E-state index contributed by atoms with van der Waals surface area (Å²) < 4.78 is 0. The molecule has 1 heterocycles. The van der Waals surface area contributed by atoms with Crippen molar-refractivity contribution < 1.29 is 9.90 Å². The minimum Gasteiger partial charge on any atom is -0.391 e. The van der Waals surface area contributed by atoms with Crippen molar-refractivity contribution in [3.8, 4) is 0 Å². The Bertz CT molecular complexity index is 948. The number of piperidine rings is 1. The summed E-state index contributed by atoms with van der Waals surface area (Å²) in [6.45, 7) is 11.8. The minimum absolute atomic E-state index is 0.00229. The average molecular weight is 474 g/mol. The number of rotatable bonds is 7. The van der Waals surface area contributed by atoms with Crippen LogP contribution in [0.2, 0.25) is 10.0 Å². The maximum absolute atomic E-state index is 14.1. The second-order valence-electron chi connectivity index (χ2n) is 9.60. The predicted octanol–water partition coefficient (Wildman–Crippen LogP) is 7.04. The van der Waals surface area contributed by atoms with E-state index in [-0.39, 0.29) is 29.8 Å². The molecule has 0 bridgehead atoms. The maximum Gasteiger partial charge on any atom is 0.229 e. The van der Waals surface area contributed by atoms with Crippen LogP contribution in [0.5, 0.6) is 0 Å². The summed E-state index contributed by atoms with van der Waals surface area (Å²) in [7, 11) is 0. The molecule has 1 saturated heterocycles. The molecule has 0 saturated carbocycles. The molecule has 0 aliphatic carbocycles. The van der Waals surface area contributed by atoms with Crippen molar-refractivity contribution in [2.45, 2.75) is 64.6 Å². The van der Waals surface area contributed by atoms with Gasteiger partial charge >= 0.3 is 0 Å². The van der Waals surface area contributed by atoms with E-state index < -0.39 is 11.5 Å². The number of carbonyl (C=O) groups is 1. The first-order chi connectivity index (χ1) is 15.1. The van der Waals surface area contributed by atoms with Gasteiger partial charge in [0.15, 0.2) is 0 Å². The molecule has 0 radical (unpaired) electrons. The van der Waals surface area contributed by atoms with E-state index in [0.717, 1.165) is 11.1 Å². The molecule has 2 unspecified atom stereocenters. The lowest BCUT2D eigenvalue weighted by Crippen LogP contribution is -2.59. The lowest BCUT2D eigenvalue weighted by atomic mass is 9.66. The fourth-order valence-electron chi connectivity index (χ4n) is 5.33. The fraction of sp³-hybridized carbons (Fsp3) is 0.444. The summed E-state index contributed by atoms with van der Waals surface area (Å²) in [5, 5.41) is 12.1. The van der Waals surface area contributed by atoms with Gasteiger partial charge in [-0.25, -0.2) is 0 Å². The van der Waals surface area contributed by atoms with Gasteiger partial charge in [0.25, 0.3) is 0 Å². The summed E-state index contributed by atoms with van der Waals surface area (Å²) in [6.07, 6.45) is 2.37. The second-order valence-corrected chi connectivity index (χ2v) is 10.5. The maximum atomic E-state index is 14.1. The van der Waals surface area contributed by atoms with E-state index in [0.29, 0.717) is 22.9 Å². The molecule has 2 aromatic carbocycles. The monoisotopic (exact) mass is 473 g/mol. The molecule has 5 atom stereocenters. The highest BCUT2D eigenvalue weighted by atomic mass is 35.5. The Hall–Kier alpha value is -1.81. The summed E-state index contributed by atoms with van der Waals surface area (Å²) >= 11 is 12.6. The van der Waals surface area contributed by atoms with Crippen LogP contribution in [-0.4, -0.2) is 28.1 Å². The number of aliphatic hydroxyl groups is 1. The van der Waals surface area contributed by atoms with Crippen LogP contribution < -0.4 is 0 Å². The summed E-state index contributed by atoms with van der Waals surface area (Å²) in [5.74, 6) is 0.118. The minimum atomic E-state index is -0.681. The largest absolute Gasteiger partial charge is 0.391 e.